The van der Waals surface area contributed by atoms with Gasteiger partial charge in [-0.1, -0.05) is 12.1 Å². The molecule has 1 aromatic carbocycles. The lowest BCUT2D eigenvalue weighted by atomic mass is 10.1. The molecule has 2 aromatic rings. The summed E-state index contributed by atoms with van der Waals surface area (Å²) in [4.78, 5) is 40.6. The van der Waals surface area contributed by atoms with Gasteiger partial charge in [0.25, 0.3) is 11.8 Å². The normalized spacial score (nSPS) is 17.1. The van der Waals surface area contributed by atoms with Crippen LogP contribution in [0.15, 0.2) is 48.8 Å². The lowest BCUT2D eigenvalue weighted by Gasteiger charge is -2.11. The van der Waals surface area contributed by atoms with Crippen LogP contribution in [0, 0.1) is 0 Å². The van der Waals surface area contributed by atoms with Crippen LogP contribution in [-0.2, 0) is 4.79 Å². The Balaban J connectivity index is 1.80. The fraction of sp³-hybridized carbons (Fsp3) is 0.125. The number of rotatable bonds is 3. The summed E-state index contributed by atoms with van der Waals surface area (Å²) in [5.74, 6) is -0.601. The summed E-state index contributed by atoms with van der Waals surface area (Å²) in [6.07, 6.45) is 3.07. The van der Waals surface area contributed by atoms with Gasteiger partial charge in [-0.2, -0.15) is 0 Å². The van der Waals surface area contributed by atoms with E-state index in [1.54, 1.807) is 36.4 Å². The zero-order chi connectivity index (χ0) is 16.4. The van der Waals surface area contributed by atoms with Crippen molar-refractivity contribution in [3.8, 4) is 0 Å². The van der Waals surface area contributed by atoms with Crippen LogP contribution in [0.25, 0.3) is 0 Å². The number of hydrogen-bond acceptors (Lipinski definition) is 4. The molecule has 116 valence electrons. The number of anilines is 1. The van der Waals surface area contributed by atoms with Gasteiger partial charge >= 0.3 is 6.03 Å². The third-order valence-electron chi connectivity index (χ3n) is 3.57. The van der Waals surface area contributed by atoms with Crippen LogP contribution < -0.4 is 10.6 Å². The Morgan fingerprint density at radius 3 is 2.61 bits per heavy atom. The lowest BCUT2D eigenvalue weighted by molar-refractivity contribution is -0.126. The van der Waals surface area contributed by atoms with Gasteiger partial charge in [0.1, 0.15) is 6.04 Å². The molecular formula is C16H14N4O3. The summed E-state index contributed by atoms with van der Waals surface area (Å²) in [6.45, 7) is 0. The Labute approximate surface area is 132 Å². The van der Waals surface area contributed by atoms with Crippen molar-refractivity contribution in [2.75, 3.05) is 12.4 Å². The first-order valence-corrected chi connectivity index (χ1v) is 6.95. The number of nitrogens with one attached hydrogen (secondary N) is 2. The van der Waals surface area contributed by atoms with Gasteiger partial charge < -0.3 is 10.6 Å². The second-order valence-corrected chi connectivity index (χ2v) is 5.10. The van der Waals surface area contributed by atoms with Crippen molar-refractivity contribution in [3.05, 3.63) is 59.9 Å². The standard InChI is InChI=1S/C16H14N4O3/c1-20-15(22)13(19-16(20)23)11-3-2-4-12(9-11)18-14(21)10-5-7-17-8-6-10/h2-9,13H,1H3,(H,18,21)(H,19,23). The van der Waals surface area contributed by atoms with E-state index < -0.39 is 12.1 Å². The van der Waals surface area contributed by atoms with E-state index in [0.717, 1.165) is 4.90 Å². The number of benzene rings is 1. The largest absolute Gasteiger partial charge is 0.324 e. The van der Waals surface area contributed by atoms with Gasteiger partial charge in [-0.05, 0) is 29.8 Å². The molecule has 1 aromatic heterocycles. The summed E-state index contributed by atoms with van der Waals surface area (Å²) in [7, 11) is 1.42. The van der Waals surface area contributed by atoms with Crippen molar-refractivity contribution in [1.82, 2.24) is 15.2 Å². The van der Waals surface area contributed by atoms with E-state index in [2.05, 4.69) is 15.6 Å². The predicted molar refractivity (Wildman–Crippen MR) is 82.7 cm³/mol. The molecule has 2 heterocycles. The van der Waals surface area contributed by atoms with Crippen molar-refractivity contribution >= 4 is 23.5 Å². The minimum atomic E-state index is -0.731. The number of carbonyl (C=O) groups is 3. The molecule has 1 atom stereocenters. The molecule has 0 bridgehead atoms. The fourth-order valence-corrected chi connectivity index (χ4v) is 2.30. The van der Waals surface area contributed by atoms with Gasteiger partial charge in [-0.15, -0.1) is 0 Å². The van der Waals surface area contributed by atoms with Crippen LogP contribution in [0.2, 0.25) is 0 Å². The molecule has 1 fully saturated rings. The minimum absolute atomic E-state index is 0.275. The highest BCUT2D eigenvalue weighted by molar-refractivity contribution is 6.05. The van der Waals surface area contributed by atoms with Crippen LogP contribution in [0.4, 0.5) is 10.5 Å². The maximum Gasteiger partial charge on any atom is 0.324 e. The predicted octanol–water partition coefficient (Wildman–Crippen LogP) is 1.56. The van der Waals surface area contributed by atoms with Gasteiger partial charge in [0.15, 0.2) is 0 Å². The zero-order valence-electron chi connectivity index (χ0n) is 12.3. The second-order valence-electron chi connectivity index (χ2n) is 5.10. The van der Waals surface area contributed by atoms with Crippen molar-refractivity contribution < 1.29 is 14.4 Å². The van der Waals surface area contributed by atoms with Gasteiger partial charge in [0, 0.05) is 30.7 Å². The van der Waals surface area contributed by atoms with Crippen molar-refractivity contribution in [2.24, 2.45) is 0 Å². The Hall–Kier alpha value is -3.22. The molecule has 3 rings (SSSR count). The monoisotopic (exact) mass is 310 g/mol. The number of imide groups is 1. The third-order valence-corrected chi connectivity index (χ3v) is 3.57. The maximum atomic E-state index is 12.1. The summed E-state index contributed by atoms with van der Waals surface area (Å²) >= 11 is 0. The van der Waals surface area contributed by atoms with Gasteiger partial charge in [-0.25, -0.2) is 4.79 Å². The van der Waals surface area contributed by atoms with Crippen LogP contribution >= 0.6 is 0 Å². The molecule has 0 spiro atoms. The first-order valence-electron chi connectivity index (χ1n) is 6.95. The first-order chi connectivity index (χ1) is 11.1. The van der Waals surface area contributed by atoms with E-state index in [4.69, 9.17) is 0 Å². The Morgan fingerprint density at radius 1 is 1.22 bits per heavy atom. The van der Waals surface area contributed by atoms with E-state index >= 15 is 0 Å². The molecule has 4 amide bonds. The van der Waals surface area contributed by atoms with Gasteiger partial charge in [0.05, 0.1) is 0 Å². The fourth-order valence-electron chi connectivity index (χ4n) is 2.30. The molecule has 2 N–H and O–H groups in total. The topological polar surface area (TPSA) is 91.4 Å². The Morgan fingerprint density at radius 2 is 1.96 bits per heavy atom. The summed E-state index contributed by atoms with van der Waals surface area (Å²) in [5, 5.41) is 5.35. The van der Waals surface area contributed by atoms with Crippen LogP contribution in [0.3, 0.4) is 0 Å². The van der Waals surface area contributed by atoms with Crippen LogP contribution in [0.5, 0.6) is 0 Å². The van der Waals surface area contributed by atoms with E-state index in [0.29, 0.717) is 16.8 Å². The average molecular weight is 310 g/mol. The van der Waals surface area contributed by atoms with Crippen molar-refractivity contribution in [3.63, 3.8) is 0 Å². The first kappa shape index (κ1) is 14.7. The number of nitrogens with zero attached hydrogens (tertiary/aromatic N) is 2. The number of urea groups is 1. The van der Waals surface area contributed by atoms with Crippen molar-refractivity contribution in [1.29, 1.82) is 0 Å². The molecule has 1 unspecified atom stereocenters. The molecule has 23 heavy (non-hydrogen) atoms. The highest BCUT2D eigenvalue weighted by Crippen LogP contribution is 2.23. The highest BCUT2D eigenvalue weighted by atomic mass is 16.2. The average Bonchev–Trinajstić information content (AvgIpc) is 2.83. The maximum absolute atomic E-state index is 12.1. The second kappa shape index (κ2) is 5.88. The number of amides is 4. The molecule has 1 aliphatic rings. The minimum Gasteiger partial charge on any atom is -0.322 e. The van der Waals surface area contributed by atoms with E-state index in [1.165, 1.54) is 19.4 Å². The quantitative estimate of drug-likeness (QED) is 0.842. The van der Waals surface area contributed by atoms with E-state index in [9.17, 15) is 14.4 Å². The zero-order valence-corrected chi connectivity index (χ0v) is 12.3. The third kappa shape index (κ3) is 2.89. The summed E-state index contributed by atoms with van der Waals surface area (Å²) in [6, 6.07) is 8.87. The van der Waals surface area contributed by atoms with Crippen molar-refractivity contribution in [2.45, 2.75) is 6.04 Å². The summed E-state index contributed by atoms with van der Waals surface area (Å²) in [5.41, 5.74) is 1.64. The van der Waals surface area contributed by atoms with Gasteiger partial charge in [0.2, 0.25) is 0 Å². The van der Waals surface area contributed by atoms with E-state index in [1.807, 2.05) is 0 Å². The van der Waals surface area contributed by atoms with Crippen LogP contribution in [-0.4, -0.2) is 34.8 Å². The molecule has 7 heteroatoms. The molecule has 7 nitrogen and oxygen atoms in total. The number of likely N-dealkylation sites (N-methyl/N-ethyl adjacent to an activating group) is 1. The Bertz CT molecular complexity index is 776. The number of aromatic nitrogens is 1. The molecule has 1 aliphatic heterocycles. The van der Waals surface area contributed by atoms with Gasteiger partial charge in [-0.3, -0.25) is 19.5 Å². The molecule has 0 saturated carbocycles. The van der Waals surface area contributed by atoms with Crippen LogP contribution in [0.1, 0.15) is 22.0 Å². The molecule has 0 radical (unpaired) electrons. The molecule has 0 aliphatic carbocycles. The molecule has 1 saturated heterocycles. The number of pyridine rings is 1. The Kier molecular flexibility index (Phi) is 3.76. The smallest absolute Gasteiger partial charge is 0.322 e. The lowest BCUT2D eigenvalue weighted by Crippen LogP contribution is -2.25. The highest BCUT2D eigenvalue weighted by Gasteiger charge is 2.36. The summed E-state index contributed by atoms with van der Waals surface area (Å²) < 4.78 is 0. The number of carbonyl (C=O) groups excluding carboxylic acids is 3. The molecular weight excluding hydrogens is 296 g/mol. The SMILES string of the molecule is CN1C(=O)NC(c2cccc(NC(=O)c3ccncc3)c2)C1=O. The van der Waals surface area contributed by atoms with E-state index in [-0.39, 0.29) is 11.8 Å². The number of hydrogen-bond donors (Lipinski definition) is 2.